The minimum absolute atomic E-state index is 0.840. The Morgan fingerprint density at radius 2 is 1.78 bits per heavy atom. The lowest BCUT2D eigenvalue weighted by atomic mass is 9.91. The van der Waals surface area contributed by atoms with Gasteiger partial charge in [0.15, 0.2) is 0 Å². The van der Waals surface area contributed by atoms with Crippen LogP contribution in [0, 0.1) is 13.8 Å². The van der Waals surface area contributed by atoms with E-state index in [1.54, 1.807) is 6.08 Å². The first-order chi connectivity index (χ1) is 11.0. The number of benzene rings is 1. The van der Waals surface area contributed by atoms with Crippen LogP contribution in [0.3, 0.4) is 0 Å². The maximum Gasteiger partial charge on any atom is 0.143 e. The van der Waals surface area contributed by atoms with E-state index >= 15 is 0 Å². The highest BCUT2D eigenvalue weighted by atomic mass is 16.1. The van der Waals surface area contributed by atoms with Gasteiger partial charge in [0.25, 0.3) is 0 Å². The number of nitrogens with zero attached hydrogens (tertiary/aromatic N) is 3. The summed E-state index contributed by atoms with van der Waals surface area (Å²) >= 11 is 0. The van der Waals surface area contributed by atoms with Crippen molar-refractivity contribution >= 4 is 17.4 Å². The van der Waals surface area contributed by atoms with Crippen molar-refractivity contribution < 1.29 is 4.79 Å². The summed E-state index contributed by atoms with van der Waals surface area (Å²) in [6.07, 6.45) is 4.50. The van der Waals surface area contributed by atoms with Gasteiger partial charge >= 0.3 is 0 Å². The molecular formula is C19H23N3O. The van der Waals surface area contributed by atoms with Gasteiger partial charge in [-0.3, -0.25) is 9.48 Å². The number of aldehydes is 1. The van der Waals surface area contributed by atoms with Gasteiger partial charge in [0.1, 0.15) is 6.29 Å². The van der Waals surface area contributed by atoms with Crippen molar-refractivity contribution in [1.29, 1.82) is 0 Å². The molecule has 0 saturated heterocycles. The largest absolute Gasteiger partial charge is 0.383 e. The maximum absolute atomic E-state index is 11.2. The van der Waals surface area contributed by atoms with Gasteiger partial charge < -0.3 is 4.90 Å². The Kier molecular flexibility index (Phi) is 5.16. The summed E-state index contributed by atoms with van der Waals surface area (Å²) < 4.78 is 1.87. The molecule has 0 amide bonds. The second-order valence-electron chi connectivity index (χ2n) is 5.76. The standard InChI is InChI=1S/C19H23N3O/c1-14-19(15(2)22(5)20-14)18(13-21(3)4)17(11-12-23)16-9-7-6-8-10-16/h6-13H,1-5H3/b17-11-,18-13+. The summed E-state index contributed by atoms with van der Waals surface area (Å²) in [6.45, 7) is 4.04. The fourth-order valence-electron chi connectivity index (χ4n) is 2.72. The van der Waals surface area contributed by atoms with E-state index in [-0.39, 0.29) is 0 Å². The van der Waals surface area contributed by atoms with Crippen molar-refractivity contribution in [2.24, 2.45) is 7.05 Å². The predicted molar refractivity (Wildman–Crippen MR) is 94.8 cm³/mol. The van der Waals surface area contributed by atoms with Gasteiger partial charge in [-0.15, -0.1) is 0 Å². The zero-order chi connectivity index (χ0) is 17.0. The summed E-state index contributed by atoms with van der Waals surface area (Å²) in [5.41, 5.74) is 5.99. The van der Waals surface area contributed by atoms with Crippen LogP contribution < -0.4 is 0 Å². The molecule has 0 aliphatic rings. The monoisotopic (exact) mass is 309 g/mol. The minimum atomic E-state index is 0.840. The predicted octanol–water partition coefficient (Wildman–Crippen LogP) is 3.22. The third kappa shape index (κ3) is 3.59. The molecular weight excluding hydrogens is 286 g/mol. The second-order valence-corrected chi connectivity index (χ2v) is 5.76. The highest BCUT2D eigenvalue weighted by Crippen LogP contribution is 2.34. The molecule has 0 atom stereocenters. The lowest BCUT2D eigenvalue weighted by Crippen LogP contribution is -2.05. The zero-order valence-electron chi connectivity index (χ0n) is 14.4. The van der Waals surface area contributed by atoms with Crippen molar-refractivity contribution in [2.45, 2.75) is 13.8 Å². The van der Waals surface area contributed by atoms with Crippen LogP contribution in [-0.2, 0) is 11.8 Å². The van der Waals surface area contributed by atoms with Crippen molar-refractivity contribution in [1.82, 2.24) is 14.7 Å². The minimum Gasteiger partial charge on any atom is -0.383 e. The molecule has 0 fully saturated rings. The third-order valence-corrected chi connectivity index (χ3v) is 3.78. The molecule has 0 spiro atoms. The molecule has 0 N–H and O–H groups in total. The number of aryl methyl sites for hydroxylation is 2. The maximum atomic E-state index is 11.2. The van der Waals surface area contributed by atoms with E-state index in [1.165, 1.54) is 0 Å². The van der Waals surface area contributed by atoms with Gasteiger partial charge in [-0.2, -0.15) is 5.10 Å². The van der Waals surface area contributed by atoms with Crippen molar-refractivity contribution in [3.63, 3.8) is 0 Å². The summed E-state index contributed by atoms with van der Waals surface area (Å²) in [6, 6.07) is 9.95. The fourth-order valence-corrected chi connectivity index (χ4v) is 2.72. The van der Waals surface area contributed by atoms with Crippen LogP contribution in [0.2, 0.25) is 0 Å². The SMILES string of the molecule is Cc1nn(C)c(C)c1C(=C/N(C)C)/C(=C\C=O)c1ccccc1. The summed E-state index contributed by atoms with van der Waals surface area (Å²) in [4.78, 5) is 13.2. The Balaban J connectivity index is 2.72. The fraction of sp³-hybridized carbons (Fsp3) is 0.263. The summed E-state index contributed by atoms with van der Waals surface area (Å²) in [5, 5.41) is 4.52. The van der Waals surface area contributed by atoms with E-state index in [0.29, 0.717) is 0 Å². The quantitative estimate of drug-likeness (QED) is 0.483. The average molecular weight is 309 g/mol. The average Bonchev–Trinajstić information content (AvgIpc) is 2.76. The molecule has 1 aromatic heterocycles. The molecule has 0 saturated carbocycles. The van der Waals surface area contributed by atoms with E-state index < -0.39 is 0 Å². The van der Waals surface area contributed by atoms with Crippen molar-refractivity contribution in [3.05, 3.63) is 65.1 Å². The molecule has 1 heterocycles. The van der Waals surface area contributed by atoms with E-state index in [9.17, 15) is 4.79 Å². The normalized spacial score (nSPS) is 12.4. The molecule has 0 unspecified atom stereocenters. The molecule has 0 bridgehead atoms. The summed E-state index contributed by atoms with van der Waals surface area (Å²) in [5.74, 6) is 0. The van der Waals surface area contributed by atoms with Crippen molar-refractivity contribution in [2.75, 3.05) is 14.1 Å². The number of rotatable bonds is 5. The van der Waals surface area contributed by atoms with E-state index in [2.05, 4.69) is 5.10 Å². The number of allylic oxidation sites excluding steroid dienone is 3. The number of carbonyl (C=O) groups is 1. The molecule has 0 radical (unpaired) electrons. The van der Waals surface area contributed by atoms with Gasteiger partial charge in [-0.25, -0.2) is 0 Å². The molecule has 4 nitrogen and oxygen atoms in total. The van der Waals surface area contributed by atoms with Gasteiger partial charge in [0.2, 0.25) is 0 Å². The first kappa shape index (κ1) is 16.7. The Morgan fingerprint density at radius 1 is 1.13 bits per heavy atom. The van der Waals surface area contributed by atoms with Gasteiger partial charge in [-0.05, 0) is 31.1 Å². The lowest BCUT2D eigenvalue weighted by molar-refractivity contribution is -0.104. The number of hydrogen-bond donors (Lipinski definition) is 0. The molecule has 2 rings (SSSR count). The van der Waals surface area contributed by atoms with Crippen LogP contribution in [-0.4, -0.2) is 35.1 Å². The number of carbonyl (C=O) groups excluding carboxylic acids is 1. The highest BCUT2D eigenvalue weighted by Gasteiger charge is 2.19. The number of hydrogen-bond acceptors (Lipinski definition) is 3. The third-order valence-electron chi connectivity index (χ3n) is 3.78. The molecule has 120 valence electrons. The Bertz CT molecular complexity index is 752. The second kappa shape index (κ2) is 7.09. The molecule has 1 aromatic carbocycles. The molecule has 23 heavy (non-hydrogen) atoms. The van der Waals surface area contributed by atoms with Crippen LogP contribution in [0.4, 0.5) is 0 Å². The smallest absolute Gasteiger partial charge is 0.143 e. The molecule has 0 aliphatic carbocycles. The number of aromatic nitrogens is 2. The molecule has 2 aromatic rings. The van der Waals surface area contributed by atoms with Gasteiger partial charge in [0, 0.05) is 44.2 Å². The Labute approximate surface area is 137 Å². The van der Waals surface area contributed by atoms with Crippen LogP contribution in [0.5, 0.6) is 0 Å². The first-order valence-corrected chi connectivity index (χ1v) is 7.55. The zero-order valence-corrected chi connectivity index (χ0v) is 14.4. The lowest BCUT2D eigenvalue weighted by Gasteiger charge is -2.16. The topological polar surface area (TPSA) is 38.1 Å². The van der Waals surface area contributed by atoms with Gasteiger partial charge in [0.05, 0.1) is 5.69 Å². The first-order valence-electron chi connectivity index (χ1n) is 7.55. The van der Waals surface area contributed by atoms with Crippen molar-refractivity contribution in [3.8, 4) is 0 Å². The van der Waals surface area contributed by atoms with E-state index in [0.717, 1.165) is 39.9 Å². The van der Waals surface area contributed by atoms with Crippen LogP contribution in [0.15, 0.2) is 42.6 Å². The molecule has 4 heteroatoms. The van der Waals surface area contributed by atoms with E-state index in [4.69, 9.17) is 0 Å². The van der Waals surface area contributed by atoms with Gasteiger partial charge in [-0.1, -0.05) is 30.3 Å². The van der Waals surface area contributed by atoms with Crippen LogP contribution >= 0.6 is 0 Å². The highest BCUT2D eigenvalue weighted by molar-refractivity contribution is 6.09. The Hall–Kier alpha value is -2.62. The molecule has 0 aliphatic heterocycles. The summed E-state index contributed by atoms with van der Waals surface area (Å²) in [7, 11) is 5.89. The Morgan fingerprint density at radius 3 is 2.26 bits per heavy atom. The van der Waals surface area contributed by atoms with Crippen LogP contribution in [0.25, 0.3) is 11.1 Å². The van der Waals surface area contributed by atoms with E-state index in [1.807, 2.05) is 81.1 Å². The van der Waals surface area contributed by atoms with Crippen LogP contribution in [0.1, 0.15) is 22.5 Å².